The Kier molecular flexibility index (Phi) is 8.32. The van der Waals surface area contributed by atoms with Gasteiger partial charge in [0.2, 0.25) is 15.9 Å². The Hall–Kier alpha value is -2.27. The molecule has 0 unspecified atom stereocenters. The zero-order valence-electron chi connectivity index (χ0n) is 16.0. The van der Waals surface area contributed by atoms with Crippen LogP contribution in [0.25, 0.3) is 0 Å². The molecule has 0 aliphatic rings. The van der Waals surface area contributed by atoms with E-state index in [9.17, 15) is 21.6 Å². The third-order valence-electron chi connectivity index (χ3n) is 3.97. The first-order valence-corrected chi connectivity index (χ1v) is 12.0. The number of benzene rings is 2. The van der Waals surface area contributed by atoms with E-state index in [0.717, 1.165) is 0 Å². The molecular weight excluding hydrogens is 416 g/mol. The van der Waals surface area contributed by atoms with E-state index in [0.29, 0.717) is 18.7 Å². The fourth-order valence-corrected chi connectivity index (χ4v) is 4.76. The second kappa shape index (κ2) is 10.5. The fraction of sp³-hybridized carbons (Fsp3) is 0.316. The van der Waals surface area contributed by atoms with Crippen molar-refractivity contribution < 1.29 is 26.4 Å². The molecule has 2 aromatic carbocycles. The number of amides is 1. The van der Waals surface area contributed by atoms with Crippen LogP contribution in [0.5, 0.6) is 0 Å². The summed E-state index contributed by atoms with van der Waals surface area (Å²) in [4.78, 5) is 12.3. The van der Waals surface area contributed by atoms with Gasteiger partial charge in [-0.05, 0) is 42.8 Å². The van der Waals surface area contributed by atoms with Gasteiger partial charge >= 0.3 is 0 Å². The minimum absolute atomic E-state index is 0.0690. The summed E-state index contributed by atoms with van der Waals surface area (Å²) in [7, 11) is -5.65. The number of hydrogen-bond donors (Lipinski definition) is 2. The van der Waals surface area contributed by atoms with E-state index in [1.54, 1.807) is 25.3 Å². The van der Waals surface area contributed by atoms with Crippen LogP contribution >= 0.6 is 0 Å². The molecule has 0 fully saturated rings. The van der Waals surface area contributed by atoms with Crippen molar-refractivity contribution in [2.24, 2.45) is 0 Å². The smallest absolute Gasteiger partial charge is 0.240 e. The molecular formula is C19H24N2O6S2. The predicted octanol–water partition coefficient (Wildman–Crippen LogP) is 1.80. The summed E-state index contributed by atoms with van der Waals surface area (Å²) in [6, 6.07) is 13.6. The van der Waals surface area contributed by atoms with Gasteiger partial charge in [-0.15, -0.1) is 0 Å². The van der Waals surface area contributed by atoms with Crippen molar-refractivity contribution in [2.75, 3.05) is 31.3 Å². The van der Waals surface area contributed by atoms with Crippen molar-refractivity contribution in [2.45, 2.75) is 22.6 Å². The molecule has 0 radical (unpaired) electrons. The molecule has 2 rings (SSSR count). The average Bonchev–Trinajstić information content (AvgIpc) is 2.71. The zero-order chi connectivity index (χ0) is 21.3. The fourth-order valence-electron chi connectivity index (χ4n) is 2.42. The van der Waals surface area contributed by atoms with E-state index in [1.165, 1.54) is 36.4 Å². The SMILES string of the molecule is COCCCNS(=O)(=O)c1ccc(NC(=O)CCS(=O)(=O)c2ccccc2)cc1. The van der Waals surface area contributed by atoms with E-state index >= 15 is 0 Å². The lowest BCUT2D eigenvalue weighted by molar-refractivity contribution is -0.115. The first-order chi connectivity index (χ1) is 13.7. The molecule has 0 heterocycles. The number of sulfone groups is 1. The highest BCUT2D eigenvalue weighted by Crippen LogP contribution is 2.15. The van der Waals surface area contributed by atoms with E-state index in [4.69, 9.17) is 4.74 Å². The Bertz CT molecular complexity index is 1000. The Labute approximate surface area is 171 Å². The molecule has 8 nitrogen and oxygen atoms in total. The van der Waals surface area contributed by atoms with Crippen LogP contribution in [0.15, 0.2) is 64.4 Å². The van der Waals surface area contributed by atoms with E-state index < -0.39 is 25.8 Å². The Balaban J connectivity index is 1.90. The Morgan fingerprint density at radius 2 is 1.59 bits per heavy atom. The molecule has 0 aliphatic carbocycles. The van der Waals surface area contributed by atoms with Gasteiger partial charge in [0.25, 0.3) is 0 Å². The number of rotatable bonds is 11. The third-order valence-corrected chi connectivity index (χ3v) is 7.17. The van der Waals surface area contributed by atoms with Crippen LogP contribution in [-0.4, -0.2) is 48.8 Å². The number of sulfonamides is 1. The van der Waals surface area contributed by atoms with E-state index in [-0.39, 0.29) is 28.5 Å². The molecule has 1 amide bonds. The van der Waals surface area contributed by atoms with Crippen molar-refractivity contribution in [1.29, 1.82) is 0 Å². The maximum absolute atomic E-state index is 12.2. The molecule has 2 aromatic rings. The molecule has 0 spiro atoms. The zero-order valence-corrected chi connectivity index (χ0v) is 17.6. The second-order valence-electron chi connectivity index (χ2n) is 6.20. The van der Waals surface area contributed by atoms with Gasteiger partial charge in [-0.25, -0.2) is 21.6 Å². The summed E-state index contributed by atoms with van der Waals surface area (Å²) in [6.07, 6.45) is 0.341. The van der Waals surface area contributed by atoms with Gasteiger partial charge in [0, 0.05) is 32.4 Å². The van der Waals surface area contributed by atoms with Crippen LogP contribution in [0.4, 0.5) is 5.69 Å². The van der Waals surface area contributed by atoms with Gasteiger partial charge in [0.1, 0.15) is 0 Å². The predicted molar refractivity (Wildman–Crippen MR) is 110 cm³/mol. The number of nitrogens with one attached hydrogen (secondary N) is 2. The van der Waals surface area contributed by atoms with Crippen molar-refractivity contribution >= 4 is 31.5 Å². The Morgan fingerprint density at radius 1 is 0.931 bits per heavy atom. The van der Waals surface area contributed by atoms with Crippen LogP contribution < -0.4 is 10.0 Å². The summed E-state index contributed by atoms with van der Waals surface area (Å²) >= 11 is 0. The van der Waals surface area contributed by atoms with Crippen LogP contribution in [0, 0.1) is 0 Å². The lowest BCUT2D eigenvalue weighted by atomic mass is 10.3. The standard InChI is InChI=1S/C19H24N2O6S2/c1-27-14-5-13-20-29(25,26)18-10-8-16(9-11-18)21-19(22)12-15-28(23,24)17-6-3-2-4-7-17/h2-4,6-11,20H,5,12-15H2,1H3,(H,21,22). The number of hydrogen-bond acceptors (Lipinski definition) is 6. The summed E-state index contributed by atoms with van der Waals surface area (Å²) in [5.74, 6) is -0.793. The van der Waals surface area contributed by atoms with Crippen molar-refractivity contribution in [3.63, 3.8) is 0 Å². The highest BCUT2D eigenvalue weighted by Gasteiger charge is 2.17. The summed E-state index contributed by atoms with van der Waals surface area (Å²) in [5.41, 5.74) is 0.380. The number of anilines is 1. The first-order valence-electron chi connectivity index (χ1n) is 8.91. The normalized spacial score (nSPS) is 11.9. The van der Waals surface area contributed by atoms with Gasteiger partial charge in [-0.3, -0.25) is 4.79 Å². The molecule has 0 saturated carbocycles. The van der Waals surface area contributed by atoms with Gasteiger partial charge < -0.3 is 10.1 Å². The monoisotopic (exact) mass is 440 g/mol. The molecule has 158 valence electrons. The van der Waals surface area contributed by atoms with Crippen LogP contribution in [0.3, 0.4) is 0 Å². The topological polar surface area (TPSA) is 119 Å². The third kappa shape index (κ3) is 7.24. The van der Waals surface area contributed by atoms with Crippen molar-refractivity contribution in [3.05, 3.63) is 54.6 Å². The highest BCUT2D eigenvalue weighted by atomic mass is 32.2. The van der Waals surface area contributed by atoms with Crippen LogP contribution in [0.2, 0.25) is 0 Å². The molecule has 0 aromatic heterocycles. The minimum atomic E-state index is -3.64. The summed E-state index contributed by atoms with van der Waals surface area (Å²) in [5, 5.41) is 2.57. The number of ether oxygens (including phenoxy) is 1. The maximum Gasteiger partial charge on any atom is 0.240 e. The largest absolute Gasteiger partial charge is 0.385 e. The van der Waals surface area contributed by atoms with Crippen molar-refractivity contribution in [3.8, 4) is 0 Å². The van der Waals surface area contributed by atoms with Gasteiger partial charge in [0.05, 0.1) is 15.5 Å². The average molecular weight is 441 g/mol. The maximum atomic E-state index is 12.2. The lowest BCUT2D eigenvalue weighted by Gasteiger charge is -2.09. The summed E-state index contributed by atoms with van der Waals surface area (Å²) in [6.45, 7) is 0.706. The summed E-state index contributed by atoms with van der Waals surface area (Å²) < 4.78 is 56.1. The van der Waals surface area contributed by atoms with Gasteiger partial charge in [0.15, 0.2) is 9.84 Å². The van der Waals surface area contributed by atoms with Gasteiger partial charge in [-0.1, -0.05) is 18.2 Å². The highest BCUT2D eigenvalue weighted by molar-refractivity contribution is 7.91. The lowest BCUT2D eigenvalue weighted by Crippen LogP contribution is -2.25. The first kappa shape index (κ1) is 23.0. The molecule has 0 saturated heterocycles. The van der Waals surface area contributed by atoms with E-state index in [2.05, 4.69) is 10.0 Å². The quantitative estimate of drug-likeness (QED) is 0.515. The minimum Gasteiger partial charge on any atom is -0.385 e. The number of carbonyl (C=O) groups excluding carboxylic acids is 1. The second-order valence-corrected chi connectivity index (χ2v) is 10.1. The number of carbonyl (C=O) groups is 1. The molecule has 0 aliphatic heterocycles. The van der Waals surface area contributed by atoms with Gasteiger partial charge in [-0.2, -0.15) is 0 Å². The van der Waals surface area contributed by atoms with Crippen LogP contribution in [-0.2, 0) is 29.4 Å². The molecule has 0 atom stereocenters. The number of methoxy groups -OCH3 is 1. The molecule has 2 N–H and O–H groups in total. The Morgan fingerprint density at radius 3 is 2.21 bits per heavy atom. The molecule has 0 bridgehead atoms. The van der Waals surface area contributed by atoms with Crippen LogP contribution in [0.1, 0.15) is 12.8 Å². The molecule has 10 heteroatoms. The van der Waals surface area contributed by atoms with E-state index in [1.807, 2.05) is 0 Å². The molecule has 29 heavy (non-hydrogen) atoms. The van der Waals surface area contributed by atoms with Crippen molar-refractivity contribution in [1.82, 2.24) is 4.72 Å².